The minimum Gasteiger partial charge on any atom is -0.495 e. The number of para-hydroxylation sites is 2. The first kappa shape index (κ1) is 30.7. The molecule has 2 aromatic rings. The fourth-order valence-electron chi connectivity index (χ4n) is 3.95. The first-order chi connectivity index (χ1) is 17.4. The van der Waals surface area contributed by atoms with Gasteiger partial charge in [0.1, 0.15) is 11.8 Å². The van der Waals surface area contributed by atoms with E-state index in [-0.39, 0.29) is 43.8 Å². The number of rotatable bonds is 13. The third kappa shape index (κ3) is 8.79. The van der Waals surface area contributed by atoms with Crippen LogP contribution in [0.3, 0.4) is 0 Å². The molecule has 0 heterocycles. The van der Waals surface area contributed by atoms with Crippen LogP contribution in [-0.2, 0) is 26.2 Å². The molecule has 11 heteroatoms. The Morgan fingerprint density at radius 1 is 1.08 bits per heavy atom. The Balaban J connectivity index is 2.27. The summed E-state index contributed by atoms with van der Waals surface area (Å²) in [4.78, 5) is 28.0. The van der Waals surface area contributed by atoms with Crippen molar-refractivity contribution in [2.45, 2.75) is 58.7 Å². The molecule has 0 aliphatic carbocycles. The van der Waals surface area contributed by atoms with E-state index in [0.29, 0.717) is 27.9 Å². The summed E-state index contributed by atoms with van der Waals surface area (Å²) in [5.41, 5.74) is 1.13. The SMILES string of the molecule is CC[C@H](C(=O)NC(C)C)N(Cc1ccc(Cl)c(Cl)c1)C(=O)CCCN(c1ccccc1OC)S(C)(=O)=O. The molecule has 37 heavy (non-hydrogen) atoms. The molecule has 0 aliphatic rings. The van der Waals surface area contributed by atoms with Crippen molar-refractivity contribution in [1.29, 1.82) is 0 Å². The Morgan fingerprint density at radius 2 is 1.76 bits per heavy atom. The van der Waals surface area contributed by atoms with Crippen molar-refractivity contribution >= 4 is 50.7 Å². The topological polar surface area (TPSA) is 96.0 Å². The molecule has 1 atom stereocenters. The Bertz CT molecular complexity index is 1190. The summed E-state index contributed by atoms with van der Waals surface area (Å²) in [5.74, 6) is -0.111. The van der Waals surface area contributed by atoms with Crippen LogP contribution in [0.5, 0.6) is 5.75 Å². The Kier molecular flexibility index (Phi) is 11.5. The van der Waals surface area contributed by atoms with Crippen LogP contribution in [0.25, 0.3) is 0 Å². The molecule has 0 saturated carbocycles. The lowest BCUT2D eigenvalue weighted by atomic mass is 10.1. The van der Waals surface area contributed by atoms with E-state index in [1.54, 1.807) is 42.5 Å². The molecular formula is C26H35Cl2N3O5S. The molecule has 2 aromatic carbocycles. The second-order valence-electron chi connectivity index (χ2n) is 8.97. The third-order valence-electron chi connectivity index (χ3n) is 5.66. The van der Waals surface area contributed by atoms with Gasteiger partial charge in [-0.15, -0.1) is 0 Å². The highest BCUT2D eigenvalue weighted by Gasteiger charge is 2.29. The molecule has 204 valence electrons. The van der Waals surface area contributed by atoms with Gasteiger partial charge < -0.3 is 15.0 Å². The number of nitrogens with one attached hydrogen (secondary N) is 1. The lowest BCUT2D eigenvalue weighted by molar-refractivity contribution is -0.141. The first-order valence-electron chi connectivity index (χ1n) is 12.0. The number of nitrogens with zero attached hydrogens (tertiary/aromatic N) is 2. The minimum atomic E-state index is -3.64. The van der Waals surface area contributed by atoms with E-state index in [1.807, 2.05) is 20.8 Å². The number of anilines is 1. The van der Waals surface area contributed by atoms with Crippen LogP contribution in [0.15, 0.2) is 42.5 Å². The molecular weight excluding hydrogens is 537 g/mol. The van der Waals surface area contributed by atoms with Gasteiger partial charge in [0.25, 0.3) is 0 Å². The molecule has 2 amide bonds. The summed E-state index contributed by atoms with van der Waals surface area (Å²) in [6.07, 6.45) is 1.79. The van der Waals surface area contributed by atoms with Crippen molar-refractivity contribution in [3.05, 3.63) is 58.1 Å². The Hall–Kier alpha value is -2.49. The van der Waals surface area contributed by atoms with Gasteiger partial charge in [-0.05, 0) is 56.5 Å². The maximum atomic E-state index is 13.5. The van der Waals surface area contributed by atoms with Crippen molar-refractivity contribution in [2.75, 3.05) is 24.2 Å². The molecule has 2 rings (SSSR count). The zero-order valence-electron chi connectivity index (χ0n) is 21.8. The van der Waals surface area contributed by atoms with Crippen LogP contribution in [0, 0.1) is 0 Å². The standard InChI is InChI=1S/C26H35Cl2N3O5S/c1-6-22(26(33)29-18(2)3)30(17-19-13-14-20(27)21(28)16-19)25(32)12-9-15-31(37(5,34)35)23-10-7-8-11-24(23)36-4/h7-8,10-11,13-14,16,18,22H,6,9,12,15,17H2,1-5H3,(H,29,33)/t22-/m1/s1. The van der Waals surface area contributed by atoms with E-state index in [1.165, 1.54) is 16.3 Å². The molecule has 0 fully saturated rings. The fourth-order valence-corrected chi connectivity index (χ4v) is 5.24. The molecule has 0 unspecified atom stereocenters. The van der Waals surface area contributed by atoms with Crippen molar-refractivity contribution in [2.24, 2.45) is 0 Å². The number of ether oxygens (including phenoxy) is 1. The highest BCUT2D eigenvalue weighted by atomic mass is 35.5. The highest BCUT2D eigenvalue weighted by Crippen LogP contribution is 2.30. The van der Waals surface area contributed by atoms with Crippen LogP contribution in [0.4, 0.5) is 5.69 Å². The second-order valence-corrected chi connectivity index (χ2v) is 11.7. The quantitative estimate of drug-likeness (QED) is 0.369. The highest BCUT2D eigenvalue weighted by molar-refractivity contribution is 7.92. The van der Waals surface area contributed by atoms with Crippen molar-refractivity contribution in [3.63, 3.8) is 0 Å². The van der Waals surface area contributed by atoms with Gasteiger partial charge in [0.2, 0.25) is 21.8 Å². The smallest absolute Gasteiger partial charge is 0.243 e. The van der Waals surface area contributed by atoms with Gasteiger partial charge in [0.05, 0.1) is 29.1 Å². The number of carbonyl (C=O) groups is 2. The van der Waals surface area contributed by atoms with E-state index in [0.717, 1.165) is 11.8 Å². The zero-order valence-corrected chi connectivity index (χ0v) is 24.2. The number of benzene rings is 2. The fraction of sp³-hybridized carbons (Fsp3) is 0.462. The van der Waals surface area contributed by atoms with Crippen LogP contribution in [-0.4, -0.2) is 57.1 Å². The maximum absolute atomic E-state index is 13.5. The van der Waals surface area contributed by atoms with Gasteiger partial charge in [-0.1, -0.05) is 48.3 Å². The van der Waals surface area contributed by atoms with Gasteiger partial charge >= 0.3 is 0 Å². The number of carbonyl (C=O) groups excluding carboxylic acids is 2. The number of hydrogen-bond acceptors (Lipinski definition) is 5. The van der Waals surface area contributed by atoms with Gasteiger partial charge in [0, 0.05) is 25.6 Å². The minimum absolute atomic E-state index is 0.0357. The number of amides is 2. The van der Waals surface area contributed by atoms with E-state index < -0.39 is 16.1 Å². The predicted octanol–water partition coefficient (Wildman–Crippen LogP) is 4.88. The second kappa shape index (κ2) is 13.9. The molecule has 0 aromatic heterocycles. The van der Waals surface area contributed by atoms with E-state index >= 15 is 0 Å². The summed E-state index contributed by atoms with van der Waals surface area (Å²) >= 11 is 12.2. The van der Waals surface area contributed by atoms with Crippen molar-refractivity contribution in [1.82, 2.24) is 10.2 Å². The zero-order chi connectivity index (χ0) is 27.8. The molecule has 0 bridgehead atoms. The average molecular weight is 573 g/mol. The summed E-state index contributed by atoms with van der Waals surface area (Å²) < 4.78 is 31.7. The normalized spacial score (nSPS) is 12.2. The summed E-state index contributed by atoms with van der Waals surface area (Å²) in [5, 5.41) is 3.63. The lowest BCUT2D eigenvalue weighted by Crippen LogP contribution is -2.50. The third-order valence-corrected chi connectivity index (χ3v) is 7.58. The van der Waals surface area contributed by atoms with E-state index in [2.05, 4.69) is 5.32 Å². The summed E-state index contributed by atoms with van der Waals surface area (Å²) in [6.45, 7) is 5.77. The Labute approximate surface area is 229 Å². The molecule has 0 saturated heterocycles. The van der Waals surface area contributed by atoms with E-state index in [9.17, 15) is 18.0 Å². The molecule has 1 N–H and O–H groups in total. The van der Waals surface area contributed by atoms with Crippen LogP contribution in [0.2, 0.25) is 10.0 Å². The number of hydrogen-bond donors (Lipinski definition) is 1. The van der Waals surface area contributed by atoms with Crippen molar-refractivity contribution < 1.29 is 22.7 Å². The largest absolute Gasteiger partial charge is 0.495 e. The molecule has 0 radical (unpaired) electrons. The number of methoxy groups -OCH3 is 1. The van der Waals surface area contributed by atoms with Gasteiger partial charge in [-0.3, -0.25) is 13.9 Å². The maximum Gasteiger partial charge on any atom is 0.243 e. The summed E-state index contributed by atoms with van der Waals surface area (Å²) in [6, 6.07) is 11.1. The van der Waals surface area contributed by atoms with Crippen LogP contribution in [0.1, 0.15) is 45.6 Å². The van der Waals surface area contributed by atoms with Crippen LogP contribution >= 0.6 is 23.2 Å². The number of sulfonamides is 1. The number of halogens is 2. The molecule has 0 aliphatic heterocycles. The first-order valence-corrected chi connectivity index (χ1v) is 14.6. The van der Waals surface area contributed by atoms with Crippen LogP contribution < -0.4 is 14.4 Å². The molecule has 8 nitrogen and oxygen atoms in total. The average Bonchev–Trinajstić information content (AvgIpc) is 2.82. The monoisotopic (exact) mass is 571 g/mol. The van der Waals surface area contributed by atoms with E-state index in [4.69, 9.17) is 27.9 Å². The van der Waals surface area contributed by atoms with Crippen molar-refractivity contribution in [3.8, 4) is 5.75 Å². The summed E-state index contributed by atoms with van der Waals surface area (Å²) in [7, 11) is -2.17. The Morgan fingerprint density at radius 3 is 2.32 bits per heavy atom. The predicted molar refractivity (Wildman–Crippen MR) is 149 cm³/mol. The van der Waals surface area contributed by atoms with Gasteiger partial charge in [-0.25, -0.2) is 8.42 Å². The van der Waals surface area contributed by atoms with Gasteiger partial charge in [-0.2, -0.15) is 0 Å². The lowest BCUT2D eigenvalue weighted by Gasteiger charge is -2.31. The molecule has 0 spiro atoms. The van der Waals surface area contributed by atoms with Gasteiger partial charge in [0.15, 0.2) is 0 Å².